The summed E-state index contributed by atoms with van der Waals surface area (Å²) in [5.74, 6) is -0.253. The van der Waals surface area contributed by atoms with Crippen molar-refractivity contribution in [3.05, 3.63) is 35.4 Å². The summed E-state index contributed by atoms with van der Waals surface area (Å²) in [6.07, 6.45) is 5.02. The molecule has 7 heteroatoms. The number of nitrogens with one attached hydrogen (secondary N) is 1. The molecule has 1 aromatic carbocycles. The number of fused-ring (bicyclic) bond motifs is 1. The number of likely N-dealkylation sites (tertiary alicyclic amines) is 1. The smallest absolute Gasteiger partial charge is 0.251 e. The van der Waals surface area contributed by atoms with E-state index in [-0.39, 0.29) is 53.0 Å². The normalized spacial score (nSPS) is 34.9. The van der Waals surface area contributed by atoms with Crippen molar-refractivity contribution in [2.75, 3.05) is 20.3 Å². The van der Waals surface area contributed by atoms with Crippen LogP contribution in [0.5, 0.6) is 0 Å². The number of nitrogens with zero attached hydrogens (tertiary/aromatic N) is 2. The van der Waals surface area contributed by atoms with E-state index in [1.165, 1.54) is 0 Å². The van der Waals surface area contributed by atoms with Gasteiger partial charge in [-0.3, -0.25) is 9.59 Å². The van der Waals surface area contributed by atoms with E-state index in [2.05, 4.69) is 25.2 Å². The quantitative estimate of drug-likeness (QED) is 0.626. The van der Waals surface area contributed by atoms with Crippen LogP contribution in [0.25, 0.3) is 0 Å². The number of hydrogen-bond acceptors (Lipinski definition) is 5. The Labute approximate surface area is 215 Å². The first-order valence-corrected chi connectivity index (χ1v) is 13.5. The van der Waals surface area contributed by atoms with Gasteiger partial charge in [0.25, 0.3) is 5.91 Å². The minimum absolute atomic E-state index is 0.00000240. The third kappa shape index (κ3) is 5.03. The molecule has 1 aliphatic heterocycles. The van der Waals surface area contributed by atoms with Gasteiger partial charge in [0, 0.05) is 31.2 Å². The maximum Gasteiger partial charge on any atom is 0.251 e. The highest BCUT2D eigenvalue weighted by Gasteiger charge is 2.54. The van der Waals surface area contributed by atoms with E-state index in [0.29, 0.717) is 17.7 Å². The molecule has 36 heavy (non-hydrogen) atoms. The first-order chi connectivity index (χ1) is 17.2. The second-order valence-electron chi connectivity index (χ2n) is 11.6. The van der Waals surface area contributed by atoms with Gasteiger partial charge in [0.15, 0.2) is 0 Å². The Morgan fingerprint density at radius 3 is 2.61 bits per heavy atom. The van der Waals surface area contributed by atoms with Crippen molar-refractivity contribution < 1.29 is 19.4 Å². The maximum atomic E-state index is 13.5. The molecule has 3 fully saturated rings. The molecule has 0 spiro atoms. The molecular weight excluding hydrogens is 454 g/mol. The number of carbonyl (C=O) groups is 2. The number of benzene rings is 1. The predicted octanol–water partition coefficient (Wildman–Crippen LogP) is 3.75. The summed E-state index contributed by atoms with van der Waals surface area (Å²) in [6, 6.07) is 8.83. The first kappa shape index (κ1) is 26.6. The lowest BCUT2D eigenvalue weighted by Crippen LogP contribution is -2.58. The molecule has 1 heterocycles. The number of ether oxygens (including phenoxy) is 1. The van der Waals surface area contributed by atoms with E-state index in [1.807, 2.05) is 11.8 Å². The number of hydrogen-bond donors (Lipinski definition) is 2. The van der Waals surface area contributed by atoms with Crippen molar-refractivity contribution in [1.82, 2.24) is 10.2 Å². The van der Waals surface area contributed by atoms with Gasteiger partial charge >= 0.3 is 0 Å². The fourth-order valence-corrected chi connectivity index (χ4v) is 7.38. The summed E-state index contributed by atoms with van der Waals surface area (Å²) in [7, 11) is 1.68. The SMILES string of the molecule is COC[C@H]1CCCN1C(=O)[C@@H](C)C1CC[C@@]2(C)CC[C@H](NC(=O)c3ccc(C#N)cc3)[C@@H](C)[C@@H]2[C@H]1O. The number of rotatable bonds is 6. The molecule has 2 saturated carbocycles. The van der Waals surface area contributed by atoms with Gasteiger partial charge < -0.3 is 20.1 Å². The summed E-state index contributed by atoms with van der Waals surface area (Å²) in [5, 5.41) is 23.9. The maximum absolute atomic E-state index is 13.5. The van der Waals surface area contributed by atoms with Crippen LogP contribution in [0.4, 0.5) is 0 Å². The Balaban J connectivity index is 1.46. The third-order valence-corrected chi connectivity index (χ3v) is 9.53. The van der Waals surface area contributed by atoms with E-state index in [1.54, 1.807) is 31.4 Å². The van der Waals surface area contributed by atoms with E-state index in [0.717, 1.165) is 45.1 Å². The zero-order chi connectivity index (χ0) is 26.0. The van der Waals surface area contributed by atoms with Gasteiger partial charge in [0.2, 0.25) is 5.91 Å². The molecule has 1 aromatic rings. The summed E-state index contributed by atoms with van der Waals surface area (Å²) in [6.45, 7) is 7.72. The molecule has 4 rings (SSSR count). The van der Waals surface area contributed by atoms with Crippen LogP contribution >= 0.6 is 0 Å². The van der Waals surface area contributed by atoms with Crippen molar-refractivity contribution in [1.29, 1.82) is 5.26 Å². The van der Waals surface area contributed by atoms with Gasteiger partial charge in [-0.1, -0.05) is 20.8 Å². The highest BCUT2D eigenvalue weighted by atomic mass is 16.5. The zero-order valence-corrected chi connectivity index (χ0v) is 22.1. The van der Waals surface area contributed by atoms with Gasteiger partial charge in [-0.2, -0.15) is 5.26 Å². The van der Waals surface area contributed by atoms with Crippen molar-refractivity contribution in [3.8, 4) is 6.07 Å². The molecule has 2 amide bonds. The zero-order valence-electron chi connectivity index (χ0n) is 22.1. The van der Waals surface area contributed by atoms with Gasteiger partial charge in [0.1, 0.15) is 0 Å². The van der Waals surface area contributed by atoms with Crippen LogP contribution in [0, 0.1) is 40.4 Å². The van der Waals surface area contributed by atoms with Crippen molar-refractivity contribution in [2.45, 2.75) is 77.5 Å². The lowest BCUT2D eigenvalue weighted by Gasteiger charge is -2.56. The van der Waals surface area contributed by atoms with Crippen LogP contribution in [0.3, 0.4) is 0 Å². The van der Waals surface area contributed by atoms with Crippen LogP contribution in [-0.4, -0.2) is 60.3 Å². The summed E-state index contributed by atoms with van der Waals surface area (Å²) >= 11 is 0. The topological polar surface area (TPSA) is 103 Å². The first-order valence-electron chi connectivity index (χ1n) is 13.5. The molecule has 0 radical (unpaired) electrons. The van der Waals surface area contributed by atoms with Gasteiger partial charge in [0.05, 0.1) is 30.4 Å². The number of amides is 2. The lowest BCUT2D eigenvalue weighted by molar-refractivity contribution is -0.151. The largest absolute Gasteiger partial charge is 0.392 e. The van der Waals surface area contributed by atoms with Gasteiger partial charge in [-0.15, -0.1) is 0 Å². The number of carbonyl (C=O) groups excluding carboxylic acids is 2. The molecular formula is C29H41N3O4. The number of nitriles is 1. The molecule has 0 aromatic heterocycles. The predicted molar refractivity (Wildman–Crippen MR) is 137 cm³/mol. The highest BCUT2D eigenvalue weighted by molar-refractivity contribution is 5.94. The summed E-state index contributed by atoms with van der Waals surface area (Å²) in [5.41, 5.74) is 1.06. The third-order valence-electron chi connectivity index (χ3n) is 9.53. The van der Waals surface area contributed by atoms with Crippen LogP contribution in [0.15, 0.2) is 24.3 Å². The average Bonchev–Trinajstić information content (AvgIpc) is 3.33. The lowest BCUT2D eigenvalue weighted by atomic mass is 9.51. The van der Waals surface area contributed by atoms with Crippen LogP contribution in [0.1, 0.15) is 75.2 Å². The summed E-state index contributed by atoms with van der Waals surface area (Å²) in [4.78, 5) is 28.4. The molecule has 7 nitrogen and oxygen atoms in total. The van der Waals surface area contributed by atoms with Crippen LogP contribution in [-0.2, 0) is 9.53 Å². The molecule has 2 aliphatic carbocycles. The Kier molecular flexibility index (Phi) is 8.06. The Morgan fingerprint density at radius 1 is 1.25 bits per heavy atom. The van der Waals surface area contributed by atoms with E-state index >= 15 is 0 Å². The van der Waals surface area contributed by atoms with E-state index in [9.17, 15) is 14.7 Å². The van der Waals surface area contributed by atoms with Crippen molar-refractivity contribution in [2.24, 2.45) is 29.1 Å². The van der Waals surface area contributed by atoms with Gasteiger partial charge in [-0.25, -0.2) is 0 Å². The van der Waals surface area contributed by atoms with Gasteiger partial charge in [-0.05, 0) is 86.0 Å². The van der Waals surface area contributed by atoms with Crippen LogP contribution in [0.2, 0.25) is 0 Å². The minimum atomic E-state index is -0.587. The molecule has 0 bridgehead atoms. The minimum Gasteiger partial charge on any atom is -0.392 e. The molecule has 1 saturated heterocycles. The number of aliphatic hydroxyl groups is 1. The number of aliphatic hydroxyl groups excluding tert-OH is 1. The van der Waals surface area contributed by atoms with E-state index in [4.69, 9.17) is 10.00 Å². The fraction of sp³-hybridized carbons (Fsp3) is 0.690. The average molecular weight is 496 g/mol. The molecule has 1 unspecified atom stereocenters. The molecule has 8 atom stereocenters. The Morgan fingerprint density at radius 2 is 1.94 bits per heavy atom. The Hall–Kier alpha value is -2.43. The number of methoxy groups -OCH3 is 1. The second kappa shape index (κ2) is 10.9. The van der Waals surface area contributed by atoms with Crippen molar-refractivity contribution in [3.63, 3.8) is 0 Å². The second-order valence-corrected chi connectivity index (χ2v) is 11.6. The molecule has 2 N–H and O–H groups in total. The fourth-order valence-electron chi connectivity index (χ4n) is 7.38. The summed E-state index contributed by atoms with van der Waals surface area (Å²) < 4.78 is 5.35. The highest BCUT2D eigenvalue weighted by Crippen LogP contribution is 2.55. The monoisotopic (exact) mass is 495 g/mol. The molecule has 196 valence electrons. The molecule has 3 aliphatic rings. The van der Waals surface area contributed by atoms with Crippen molar-refractivity contribution >= 4 is 11.8 Å². The Bertz CT molecular complexity index is 989. The van der Waals surface area contributed by atoms with E-state index < -0.39 is 6.10 Å². The standard InChI is InChI=1S/C29H41N3O4/c1-18(28(35)32-15-5-6-22(32)17-36-4)23-11-13-29(3)14-12-24(19(2)25(29)26(23)33)31-27(34)21-9-7-20(16-30)8-10-21/h7-10,18-19,22-26,33H,5-6,11-15,17H2,1-4H3,(H,31,34)/t18-,19+,22+,23?,24-,25+,26-,29-/m0/s1. The van der Waals surface area contributed by atoms with Crippen LogP contribution < -0.4 is 5.32 Å².